The highest BCUT2D eigenvalue weighted by Gasteiger charge is 2.30. The molecule has 1 saturated heterocycles. The summed E-state index contributed by atoms with van der Waals surface area (Å²) in [6, 6.07) is 3.82. The van der Waals surface area contributed by atoms with Crippen LogP contribution in [0.15, 0.2) is 18.2 Å². The second kappa shape index (κ2) is 4.81. The lowest BCUT2D eigenvalue weighted by Gasteiger charge is -2.13. The zero-order valence-electron chi connectivity index (χ0n) is 9.72. The first-order chi connectivity index (χ1) is 8.49. The Hall–Kier alpha value is -1.82. The van der Waals surface area contributed by atoms with Gasteiger partial charge in [-0.3, -0.25) is 14.9 Å². The number of hydrogen-bond acceptors (Lipinski definition) is 4. The number of hydrogen-bond donors (Lipinski definition) is 1. The number of amides is 1. The van der Waals surface area contributed by atoms with Crippen LogP contribution < -0.4 is 5.32 Å². The minimum Gasteiger partial charge on any atom is -0.368 e. The number of anilines is 1. The second-order valence-electron chi connectivity index (χ2n) is 4.16. The third kappa shape index (κ3) is 2.38. The third-order valence-electron chi connectivity index (χ3n) is 2.91. The van der Waals surface area contributed by atoms with Crippen LogP contribution in [0.25, 0.3) is 0 Å². The molecule has 1 aromatic carbocycles. The topological polar surface area (TPSA) is 75.5 Å². The molecule has 0 saturated carbocycles. The Morgan fingerprint density at radius 1 is 1.56 bits per heavy atom. The van der Waals surface area contributed by atoms with E-state index in [4.69, 9.17) is 11.6 Å². The van der Waals surface area contributed by atoms with E-state index in [-0.39, 0.29) is 17.3 Å². The average Bonchev–Trinajstić information content (AvgIpc) is 2.61. The normalized spacial score (nSPS) is 19.1. The molecule has 1 heterocycles. The zero-order chi connectivity index (χ0) is 13.3. The van der Waals surface area contributed by atoms with Crippen molar-refractivity contribution < 1.29 is 9.72 Å². The number of nitro benzene ring substituents is 1. The maximum atomic E-state index is 11.7. The number of nitrogens with zero attached hydrogens (tertiary/aromatic N) is 2. The van der Waals surface area contributed by atoms with Crippen LogP contribution in [-0.4, -0.2) is 35.4 Å². The van der Waals surface area contributed by atoms with Gasteiger partial charge in [0.2, 0.25) is 5.91 Å². The van der Waals surface area contributed by atoms with Crippen molar-refractivity contribution in [3.63, 3.8) is 0 Å². The van der Waals surface area contributed by atoms with Crippen LogP contribution in [0.3, 0.4) is 0 Å². The molecule has 96 valence electrons. The largest absolute Gasteiger partial charge is 0.368 e. The van der Waals surface area contributed by atoms with E-state index in [1.807, 2.05) is 0 Å². The van der Waals surface area contributed by atoms with Gasteiger partial charge in [0.15, 0.2) is 0 Å². The maximum Gasteiger partial charge on any atom is 0.292 e. The highest BCUT2D eigenvalue weighted by atomic mass is 35.5. The van der Waals surface area contributed by atoms with Gasteiger partial charge in [-0.05, 0) is 18.6 Å². The number of nitrogens with one attached hydrogen (secondary N) is 1. The number of nitro groups is 1. The maximum absolute atomic E-state index is 11.7. The molecule has 1 aliphatic heterocycles. The molecule has 1 N–H and O–H groups in total. The van der Waals surface area contributed by atoms with Gasteiger partial charge in [-0.25, -0.2) is 0 Å². The molecule has 18 heavy (non-hydrogen) atoms. The molecule has 0 aromatic heterocycles. The molecular formula is C11H12ClN3O3. The van der Waals surface area contributed by atoms with Crippen LogP contribution in [0.5, 0.6) is 0 Å². The monoisotopic (exact) mass is 269 g/mol. The summed E-state index contributed by atoms with van der Waals surface area (Å²) < 4.78 is 0. The molecule has 0 aliphatic carbocycles. The van der Waals surface area contributed by atoms with Crippen LogP contribution in [0.1, 0.15) is 6.42 Å². The van der Waals surface area contributed by atoms with Crippen LogP contribution in [0.2, 0.25) is 5.02 Å². The molecule has 1 fully saturated rings. The molecule has 1 aliphatic rings. The lowest BCUT2D eigenvalue weighted by atomic mass is 10.2. The van der Waals surface area contributed by atoms with Gasteiger partial charge in [-0.2, -0.15) is 0 Å². The van der Waals surface area contributed by atoms with E-state index in [1.165, 1.54) is 18.2 Å². The molecule has 1 unspecified atom stereocenters. The van der Waals surface area contributed by atoms with Gasteiger partial charge in [-0.1, -0.05) is 11.6 Å². The lowest BCUT2D eigenvalue weighted by Crippen LogP contribution is -2.31. The summed E-state index contributed by atoms with van der Waals surface area (Å²) in [6.45, 7) is 0.644. The fraction of sp³-hybridized carbons (Fsp3) is 0.364. The number of carbonyl (C=O) groups excluding carboxylic acids is 1. The summed E-state index contributed by atoms with van der Waals surface area (Å²) in [5.74, 6) is -0.0655. The molecule has 0 radical (unpaired) electrons. The van der Waals surface area contributed by atoms with Crippen LogP contribution in [0, 0.1) is 10.1 Å². The van der Waals surface area contributed by atoms with Crippen LogP contribution in [0.4, 0.5) is 11.4 Å². The summed E-state index contributed by atoms with van der Waals surface area (Å²) in [5.41, 5.74) is 0.197. The Morgan fingerprint density at radius 2 is 2.28 bits per heavy atom. The number of carbonyl (C=O) groups is 1. The van der Waals surface area contributed by atoms with Crippen LogP contribution >= 0.6 is 11.6 Å². The number of halogens is 1. The van der Waals surface area contributed by atoms with Gasteiger partial charge in [0.1, 0.15) is 11.7 Å². The van der Waals surface area contributed by atoms with Crippen molar-refractivity contribution in [2.75, 3.05) is 18.9 Å². The molecule has 1 amide bonds. The van der Waals surface area contributed by atoms with E-state index < -0.39 is 11.0 Å². The van der Waals surface area contributed by atoms with E-state index in [0.717, 1.165) is 0 Å². The van der Waals surface area contributed by atoms with Gasteiger partial charge in [0.25, 0.3) is 5.69 Å². The summed E-state index contributed by atoms with van der Waals surface area (Å²) in [7, 11) is 1.70. The zero-order valence-corrected chi connectivity index (χ0v) is 10.5. The van der Waals surface area contributed by atoms with Gasteiger partial charge >= 0.3 is 0 Å². The lowest BCUT2D eigenvalue weighted by molar-refractivity contribution is -0.384. The molecule has 0 bridgehead atoms. The molecule has 6 nitrogen and oxygen atoms in total. The number of likely N-dealkylation sites (N-methyl/N-ethyl adjacent to an activating group) is 1. The number of likely N-dealkylation sites (tertiary alicyclic amines) is 1. The standard InChI is InChI=1S/C11H12ClN3O3/c1-14-5-4-8(11(14)16)13-9-6-7(12)2-3-10(9)15(17)18/h2-3,6,8,13H,4-5H2,1H3. The molecule has 1 aromatic rings. The molecule has 7 heteroatoms. The average molecular weight is 270 g/mol. The molecular weight excluding hydrogens is 258 g/mol. The summed E-state index contributed by atoms with van der Waals surface area (Å²) >= 11 is 5.81. The van der Waals surface area contributed by atoms with Gasteiger partial charge in [0, 0.05) is 24.7 Å². The van der Waals surface area contributed by atoms with E-state index in [2.05, 4.69) is 5.32 Å². The minimum atomic E-state index is -0.498. The first-order valence-electron chi connectivity index (χ1n) is 5.44. The number of rotatable bonds is 3. The minimum absolute atomic E-state index is 0.0655. The Bertz CT molecular complexity index is 506. The van der Waals surface area contributed by atoms with Gasteiger partial charge in [-0.15, -0.1) is 0 Å². The highest BCUT2D eigenvalue weighted by Crippen LogP contribution is 2.29. The fourth-order valence-corrected chi connectivity index (χ4v) is 2.10. The van der Waals surface area contributed by atoms with Crippen molar-refractivity contribution >= 4 is 28.9 Å². The van der Waals surface area contributed by atoms with Crippen molar-refractivity contribution in [2.24, 2.45) is 0 Å². The first-order valence-corrected chi connectivity index (χ1v) is 5.82. The van der Waals surface area contributed by atoms with Gasteiger partial charge in [0.05, 0.1) is 4.92 Å². The van der Waals surface area contributed by atoms with Crippen molar-refractivity contribution in [3.05, 3.63) is 33.3 Å². The van der Waals surface area contributed by atoms with E-state index in [0.29, 0.717) is 18.0 Å². The first kappa shape index (κ1) is 12.6. The summed E-state index contributed by atoms with van der Waals surface area (Å²) in [4.78, 5) is 23.7. The van der Waals surface area contributed by atoms with Crippen LogP contribution in [-0.2, 0) is 4.79 Å². The van der Waals surface area contributed by atoms with Crippen molar-refractivity contribution in [2.45, 2.75) is 12.5 Å². The van der Waals surface area contributed by atoms with E-state index in [1.54, 1.807) is 11.9 Å². The van der Waals surface area contributed by atoms with E-state index in [9.17, 15) is 14.9 Å². The Kier molecular flexibility index (Phi) is 3.38. The summed E-state index contributed by atoms with van der Waals surface area (Å²) in [6.07, 6.45) is 0.624. The fourth-order valence-electron chi connectivity index (χ4n) is 1.93. The summed E-state index contributed by atoms with van der Waals surface area (Å²) in [5, 5.41) is 14.2. The highest BCUT2D eigenvalue weighted by molar-refractivity contribution is 6.31. The van der Waals surface area contributed by atoms with E-state index >= 15 is 0 Å². The Morgan fingerprint density at radius 3 is 2.83 bits per heavy atom. The number of benzene rings is 1. The molecule has 2 rings (SSSR count). The third-order valence-corrected chi connectivity index (χ3v) is 3.15. The predicted molar refractivity (Wildman–Crippen MR) is 67.8 cm³/mol. The SMILES string of the molecule is CN1CCC(Nc2cc(Cl)ccc2[N+](=O)[O-])C1=O. The van der Waals surface area contributed by atoms with Crippen molar-refractivity contribution in [3.8, 4) is 0 Å². The molecule has 1 atom stereocenters. The second-order valence-corrected chi connectivity index (χ2v) is 4.60. The molecule has 0 spiro atoms. The quantitative estimate of drug-likeness (QED) is 0.672. The smallest absolute Gasteiger partial charge is 0.292 e. The van der Waals surface area contributed by atoms with Gasteiger partial charge < -0.3 is 10.2 Å². The van der Waals surface area contributed by atoms with Crippen molar-refractivity contribution in [1.29, 1.82) is 0 Å². The van der Waals surface area contributed by atoms with Crippen molar-refractivity contribution in [1.82, 2.24) is 4.90 Å². The predicted octanol–water partition coefficient (Wildman–Crippen LogP) is 1.89. The Labute approximate surface area is 109 Å². The Balaban J connectivity index is 2.25.